The second-order valence-corrected chi connectivity index (χ2v) is 10.5. The molecule has 0 fully saturated rings. The molecule has 4 heterocycles. The van der Waals surface area contributed by atoms with E-state index in [-0.39, 0.29) is 44.7 Å². The summed E-state index contributed by atoms with van der Waals surface area (Å²) in [6, 6.07) is 10.5. The number of pyridine rings is 1. The highest BCUT2D eigenvalue weighted by Crippen LogP contribution is 2.43. The molecule has 11 nitrogen and oxygen atoms in total. The summed E-state index contributed by atoms with van der Waals surface area (Å²) in [5.41, 5.74) is -1.51. The summed E-state index contributed by atoms with van der Waals surface area (Å²) < 4.78 is 95.0. The van der Waals surface area contributed by atoms with E-state index in [1.807, 2.05) is 0 Å². The largest absolute Gasteiger partial charge is 0.459 e. The molecule has 0 N–H and O–H groups in total. The van der Waals surface area contributed by atoms with Gasteiger partial charge in [-0.3, -0.25) is 4.98 Å². The average molecular weight is 565 g/mol. The van der Waals surface area contributed by atoms with Gasteiger partial charge in [-0.1, -0.05) is 25.1 Å². The third-order valence-corrected chi connectivity index (χ3v) is 7.54. The number of alkyl halides is 5. The Bertz CT molecular complexity index is 1800. The van der Waals surface area contributed by atoms with Crippen LogP contribution in [0.15, 0.2) is 53.6 Å². The summed E-state index contributed by atoms with van der Waals surface area (Å²) in [4.78, 5) is 8.08. The van der Waals surface area contributed by atoms with Crippen molar-refractivity contribution in [3.8, 4) is 28.6 Å². The van der Waals surface area contributed by atoms with Crippen molar-refractivity contribution in [2.45, 2.75) is 23.9 Å². The normalized spacial score (nSPS) is 12.8. The van der Waals surface area contributed by atoms with Gasteiger partial charge in [-0.05, 0) is 34.7 Å². The number of tetrazole rings is 1. The minimum atomic E-state index is -5.90. The van der Waals surface area contributed by atoms with Crippen LogP contribution in [0.4, 0.5) is 22.0 Å². The van der Waals surface area contributed by atoms with Gasteiger partial charge in [0.1, 0.15) is 16.9 Å². The fourth-order valence-corrected chi connectivity index (χ4v) is 4.79. The lowest BCUT2D eigenvalue weighted by Gasteiger charge is -2.17. The van der Waals surface area contributed by atoms with Crippen molar-refractivity contribution in [3.05, 3.63) is 54.4 Å². The van der Waals surface area contributed by atoms with E-state index in [0.29, 0.717) is 11.8 Å². The first-order chi connectivity index (χ1) is 18.3. The Morgan fingerprint density at radius 3 is 2.33 bits per heavy atom. The van der Waals surface area contributed by atoms with Crippen LogP contribution in [-0.4, -0.2) is 65.3 Å². The smallest absolute Gasteiger partial charge is 0.309 e. The number of para-hydroxylation sites is 1. The highest BCUT2D eigenvalue weighted by atomic mass is 32.2. The number of halogens is 5. The first-order valence-electron chi connectivity index (χ1n) is 11.1. The van der Waals surface area contributed by atoms with Crippen molar-refractivity contribution in [3.63, 3.8) is 0 Å². The number of aromatic nitrogens is 9. The Hall–Kier alpha value is -4.41. The first kappa shape index (κ1) is 26.2. The van der Waals surface area contributed by atoms with Crippen LogP contribution >= 0.6 is 0 Å². The van der Waals surface area contributed by atoms with Gasteiger partial charge in [0, 0.05) is 18.8 Å². The molecule has 0 saturated heterocycles. The van der Waals surface area contributed by atoms with Crippen molar-refractivity contribution in [2.75, 3.05) is 5.75 Å². The summed E-state index contributed by atoms with van der Waals surface area (Å²) in [7, 11) is -2.60. The van der Waals surface area contributed by atoms with Crippen LogP contribution in [0.5, 0.6) is 0 Å². The first-order valence-corrected chi connectivity index (χ1v) is 12.7. The van der Waals surface area contributed by atoms with Gasteiger partial charge in [0.2, 0.25) is 0 Å². The highest BCUT2D eigenvalue weighted by molar-refractivity contribution is 7.91. The summed E-state index contributed by atoms with van der Waals surface area (Å²) in [5, 5.41) is 18.1. The maximum atomic E-state index is 13.8. The summed E-state index contributed by atoms with van der Waals surface area (Å²) in [6.07, 6.45) is -4.61. The fourth-order valence-electron chi connectivity index (χ4n) is 3.73. The van der Waals surface area contributed by atoms with E-state index in [2.05, 4.69) is 35.7 Å². The molecule has 0 atom stereocenters. The Morgan fingerprint density at radius 2 is 1.67 bits per heavy atom. The minimum Gasteiger partial charge on any atom is -0.309 e. The molecule has 0 aliphatic heterocycles. The van der Waals surface area contributed by atoms with Gasteiger partial charge >= 0.3 is 12.1 Å². The third kappa shape index (κ3) is 4.37. The van der Waals surface area contributed by atoms with Gasteiger partial charge in [-0.25, -0.2) is 13.4 Å². The Kier molecular flexibility index (Phi) is 6.12. The third-order valence-electron chi connectivity index (χ3n) is 5.80. The quantitative estimate of drug-likeness (QED) is 0.284. The molecule has 0 saturated carbocycles. The van der Waals surface area contributed by atoms with E-state index in [9.17, 15) is 30.4 Å². The number of benzene rings is 1. The van der Waals surface area contributed by atoms with Gasteiger partial charge in [-0.2, -0.15) is 26.6 Å². The molecule has 5 aromatic rings. The van der Waals surface area contributed by atoms with Crippen LogP contribution < -0.4 is 0 Å². The predicted octanol–water partition coefficient (Wildman–Crippen LogP) is 3.52. The number of hydrogen-bond acceptors (Lipinski definition) is 9. The van der Waals surface area contributed by atoms with Gasteiger partial charge in [0.15, 0.2) is 27.1 Å². The number of sulfone groups is 1. The monoisotopic (exact) mass is 565 g/mol. The van der Waals surface area contributed by atoms with E-state index < -0.39 is 27.6 Å². The van der Waals surface area contributed by atoms with Crippen LogP contribution in [0.3, 0.4) is 0 Å². The summed E-state index contributed by atoms with van der Waals surface area (Å²) in [5.74, 6) is -5.57. The van der Waals surface area contributed by atoms with E-state index in [0.717, 1.165) is 0 Å². The molecule has 202 valence electrons. The molecule has 0 bridgehead atoms. The number of fused-ring (bicyclic) bond motifs is 1. The zero-order valence-corrected chi connectivity index (χ0v) is 20.8. The highest BCUT2D eigenvalue weighted by Gasteiger charge is 2.60. The standard InChI is InChI=1S/C22H16F5N9O2S/c1-3-39(37,38)15-9-12(18-32-33-34-36(18)13-7-5-4-6-8-13)11-28-17(15)20-29-14-10-16(21(23,24)22(25,26)27)30-31-19(14)35(20)2/h4-11H,3H2,1-2H3. The molecule has 4 aromatic heterocycles. The number of imidazole rings is 1. The van der Waals surface area contributed by atoms with Gasteiger partial charge in [0.05, 0.1) is 16.3 Å². The number of nitrogens with zero attached hydrogens (tertiary/aromatic N) is 9. The molecule has 0 spiro atoms. The van der Waals surface area contributed by atoms with E-state index in [1.54, 1.807) is 30.3 Å². The molecule has 5 rings (SSSR count). The predicted molar refractivity (Wildman–Crippen MR) is 125 cm³/mol. The molecule has 0 radical (unpaired) electrons. The Balaban J connectivity index is 1.68. The minimum absolute atomic E-state index is 0.145. The maximum absolute atomic E-state index is 13.8. The molecular weight excluding hydrogens is 549 g/mol. The van der Waals surface area contributed by atoms with Gasteiger partial charge in [0.25, 0.3) is 0 Å². The lowest BCUT2D eigenvalue weighted by atomic mass is 10.2. The zero-order valence-electron chi connectivity index (χ0n) is 20.0. The van der Waals surface area contributed by atoms with E-state index >= 15 is 0 Å². The molecule has 0 amide bonds. The SMILES string of the molecule is CCS(=O)(=O)c1cc(-c2nnnn2-c2ccccc2)cnc1-c1nc2cc(C(F)(F)C(F)(F)F)nnc2n1C. The second-order valence-electron chi connectivity index (χ2n) is 8.23. The van der Waals surface area contributed by atoms with Crippen molar-refractivity contribution in [1.82, 2.24) is 44.9 Å². The van der Waals surface area contributed by atoms with Crippen LogP contribution in [-0.2, 0) is 22.8 Å². The number of hydrogen-bond donors (Lipinski definition) is 0. The molecule has 39 heavy (non-hydrogen) atoms. The number of aryl methyl sites for hydroxylation is 1. The molecular formula is C22H16F5N9O2S. The fraction of sp³-hybridized carbons (Fsp3) is 0.227. The second kappa shape index (κ2) is 9.11. The molecule has 0 aliphatic carbocycles. The van der Waals surface area contributed by atoms with Gasteiger partial charge < -0.3 is 4.57 Å². The number of rotatable bonds is 6. The topological polar surface area (TPSA) is 134 Å². The molecule has 0 unspecified atom stereocenters. The molecule has 0 aliphatic rings. The van der Waals surface area contributed by atoms with Crippen LogP contribution in [0.1, 0.15) is 12.6 Å². The maximum Gasteiger partial charge on any atom is 0.459 e. The van der Waals surface area contributed by atoms with Crippen LogP contribution in [0.2, 0.25) is 0 Å². The van der Waals surface area contributed by atoms with Crippen LogP contribution in [0.25, 0.3) is 39.8 Å². The van der Waals surface area contributed by atoms with Crippen LogP contribution in [0, 0.1) is 0 Å². The van der Waals surface area contributed by atoms with E-state index in [1.165, 1.54) is 35.5 Å². The lowest BCUT2D eigenvalue weighted by Crippen LogP contribution is -2.34. The van der Waals surface area contributed by atoms with E-state index in [4.69, 9.17) is 0 Å². The summed E-state index contributed by atoms with van der Waals surface area (Å²) in [6.45, 7) is 1.41. The molecule has 1 aromatic carbocycles. The molecule has 17 heteroatoms. The van der Waals surface area contributed by atoms with Crippen molar-refractivity contribution < 1.29 is 30.4 Å². The Labute approximate surface area is 216 Å². The van der Waals surface area contributed by atoms with Crippen molar-refractivity contribution in [1.29, 1.82) is 0 Å². The Morgan fingerprint density at radius 1 is 0.949 bits per heavy atom. The average Bonchev–Trinajstić information content (AvgIpc) is 3.53. The summed E-state index contributed by atoms with van der Waals surface area (Å²) >= 11 is 0. The van der Waals surface area contributed by atoms with Crippen molar-refractivity contribution in [2.24, 2.45) is 7.05 Å². The van der Waals surface area contributed by atoms with Crippen molar-refractivity contribution >= 4 is 21.0 Å². The van der Waals surface area contributed by atoms with Gasteiger partial charge in [-0.15, -0.1) is 15.3 Å². The lowest BCUT2D eigenvalue weighted by molar-refractivity contribution is -0.291. The zero-order chi connectivity index (χ0) is 28.2.